The molecule has 1 heterocycles. The highest BCUT2D eigenvalue weighted by atomic mass is 16.2. The van der Waals surface area contributed by atoms with Gasteiger partial charge in [0.05, 0.1) is 0 Å². The fraction of sp³-hybridized carbons (Fsp3) is 0.917. The summed E-state index contributed by atoms with van der Waals surface area (Å²) < 4.78 is 0. The molecule has 0 aromatic heterocycles. The normalized spacial score (nSPS) is 28.9. The van der Waals surface area contributed by atoms with E-state index < -0.39 is 0 Å². The molecule has 0 aromatic rings. The number of carbonyl (C=O) groups excluding carboxylic acids is 1. The maximum atomic E-state index is 11.9. The lowest BCUT2D eigenvalue weighted by molar-refractivity contribution is -0.134. The lowest BCUT2D eigenvalue weighted by Gasteiger charge is -2.35. The van der Waals surface area contributed by atoms with Crippen molar-refractivity contribution in [2.24, 2.45) is 17.6 Å². The molecule has 1 fully saturated rings. The number of piperidine rings is 1. The lowest BCUT2D eigenvalue weighted by atomic mass is 9.94. The first-order valence-electron chi connectivity index (χ1n) is 6.08. The molecule has 3 nitrogen and oxygen atoms in total. The maximum absolute atomic E-state index is 11.9. The standard InChI is InChI=1S/C12H24N2O/c1-4-9(2)7-12(15)14-6-5-11(13)10(3)8-14/h9-11H,4-8,13H2,1-3H3. The summed E-state index contributed by atoms with van der Waals surface area (Å²) in [7, 11) is 0. The molecular weight excluding hydrogens is 188 g/mol. The van der Waals surface area contributed by atoms with E-state index in [2.05, 4.69) is 20.8 Å². The van der Waals surface area contributed by atoms with Crippen molar-refractivity contribution in [1.29, 1.82) is 0 Å². The van der Waals surface area contributed by atoms with E-state index in [0.29, 0.717) is 24.2 Å². The molecule has 0 spiro atoms. The van der Waals surface area contributed by atoms with E-state index >= 15 is 0 Å². The van der Waals surface area contributed by atoms with Gasteiger partial charge < -0.3 is 10.6 Å². The van der Waals surface area contributed by atoms with Gasteiger partial charge in [0.1, 0.15) is 0 Å². The number of likely N-dealkylation sites (tertiary alicyclic amines) is 1. The number of rotatable bonds is 3. The summed E-state index contributed by atoms with van der Waals surface area (Å²) >= 11 is 0. The summed E-state index contributed by atoms with van der Waals surface area (Å²) in [6, 6.07) is 0.276. The Morgan fingerprint density at radius 1 is 1.60 bits per heavy atom. The van der Waals surface area contributed by atoms with Crippen molar-refractivity contribution in [1.82, 2.24) is 4.90 Å². The molecule has 3 atom stereocenters. The molecule has 3 heteroatoms. The Morgan fingerprint density at radius 2 is 2.27 bits per heavy atom. The van der Waals surface area contributed by atoms with Crippen LogP contribution in [-0.2, 0) is 4.79 Å². The first-order valence-corrected chi connectivity index (χ1v) is 6.08. The number of amides is 1. The number of nitrogens with zero attached hydrogens (tertiary/aromatic N) is 1. The Labute approximate surface area is 93.0 Å². The second kappa shape index (κ2) is 5.50. The molecule has 1 aliphatic rings. The average Bonchev–Trinajstić information content (AvgIpc) is 2.21. The van der Waals surface area contributed by atoms with E-state index in [0.717, 1.165) is 25.9 Å². The number of carbonyl (C=O) groups is 1. The van der Waals surface area contributed by atoms with Crippen molar-refractivity contribution in [3.05, 3.63) is 0 Å². The van der Waals surface area contributed by atoms with Gasteiger partial charge in [-0.3, -0.25) is 4.79 Å². The predicted octanol–water partition coefficient (Wildman–Crippen LogP) is 1.62. The second-order valence-corrected chi connectivity index (χ2v) is 4.99. The highest BCUT2D eigenvalue weighted by Crippen LogP contribution is 2.17. The van der Waals surface area contributed by atoms with Crippen molar-refractivity contribution in [3.63, 3.8) is 0 Å². The van der Waals surface area contributed by atoms with E-state index in [1.165, 1.54) is 0 Å². The van der Waals surface area contributed by atoms with E-state index in [1.54, 1.807) is 0 Å². The SMILES string of the molecule is CCC(C)CC(=O)N1CCC(N)C(C)C1. The summed E-state index contributed by atoms with van der Waals surface area (Å²) in [6.45, 7) is 8.09. The quantitative estimate of drug-likeness (QED) is 0.772. The van der Waals surface area contributed by atoms with Crippen LogP contribution in [0.3, 0.4) is 0 Å². The Balaban J connectivity index is 2.40. The third-order valence-corrected chi connectivity index (χ3v) is 3.54. The summed E-state index contributed by atoms with van der Waals surface area (Å²) in [5.41, 5.74) is 5.93. The van der Waals surface area contributed by atoms with E-state index in [1.807, 2.05) is 4.90 Å². The second-order valence-electron chi connectivity index (χ2n) is 4.99. The molecular formula is C12H24N2O. The van der Waals surface area contributed by atoms with Crippen LogP contribution in [0.2, 0.25) is 0 Å². The van der Waals surface area contributed by atoms with Gasteiger partial charge in [-0.1, -0.05) is 27.2 Å². The molecule has 1 saturated heterocycles. The van der Waals surface area contributed by atoms with Crippen LogP contribution in [0, 0.1) is 11.8 Å². The zero-order valence-corrected chi connectivity index (χ0v) is 10.2. The van der Waals surface area contributed by atoms with Gasteiger partial charge in [-0.25, -0.2) is 0 Å². The zero-order chi connectivity index (χ0) is 11.4. The van der Waals surface area contributed by atoms with Gasteiger partial charge in [-0.15, -0.1) is 0 Å². The largest absolute Gasteiger partial charge is 0.342 e. The Kier molecular flexibility index (Phi) is 4.58. The Hall–Kier alpha value is -0.570. The van der Waals surface area contributed by atoms with Crippen molar-refractivity contribution in [3.8, 4) is 0 Å². The van der Waals surface area contributed by atoms with Crippen LogP contribution in [-0.4, -0.2) is 29.9 Å². The molecule has 1 rings (SSSR count). The van der Waals surface area contributed by atoms with Gasteiger partial charge in [0.25, 0.3) is 0 Å². The van der Waals surface area contributed by atoms with Crippen LogP contribution in [0.5, 0.6) is 0 Å². The van der Waals surface area contributed by atoms with Crippen LogP contribution in [0.25, 0.3) is 0 Å². The molecule has 88 valence electrons. The summed E-state index contributed by atoms with van der Waals surface area (Å²) in [5, 5.41) is 0. The van der Waals surface area contributed by atoms with Crippen LogP contribution < -0.4 is 5.73 Å². The van der Waals surface area contributed by atoms with Crippen LogP contribution in [0.1, 0.15) is 40.0 Å². The van der Waals surface area contributed by atoms with Gasteiger partial charge in [0.2, 0.25) is 5.91 Å². The molecule has 0 saturated carbocycles. The summed E-state index contributed by atoms with van der Waals surface area (Å²) in [4.78, 5) is 13.9. The zero-order valence-electron chi connectivity index (χ0n) is 10.2. The monoisotopic (exact) mass is 212 g/mol. The topological polar surface area (TPSA) is 46.3 Å². The van der Waals surface area contributed by atoms with Gasteiger partial charge >= 0.3 is 0 Å². The average molecular weight is 212 g/mol. The first kappa shape index (κ1) is 12.5. The maximum Gasteiger partial charge on any atom is 0.222 e. The molecule has 0 bridgehead atoms. The van der Waals surface area contributed by atoms with E-state index in [-0.39, 0.29) is 6.04 Å². The molecule has 0 aliphatic carbocycles. The molecule has 1 aliphatic heterocycles. The Bertz CT molecular complexity index is 218. The van der Waals surface area contributed by atoms with Gasteiger partial charge in [0.15, 0.2) is 0 Å². The van der Waals surface area contributed by atoms with Crippen molar-refractivity contribution in [2.45, 2.75) is 46.1 Å². The molecule has 2 N–H and O–H groups in total. The minimum atomic E-state index is 0.276. The Morgan fingerprint density at radius 3 is 2.80 bits per heavy atom. The van der Waals surface area contributed by atoms with Gasteiger partial charge in [0, 0.05) is 25.6 Å². The van der Waals surface area contributed by atoms with Crippen LogP contribution >= 0.6 is 0 Å². The lowest BCUT2D eigenvalue weighted by Crippen LogP contribution is -2.48. The predicted molar refractivity (Wildman–Crippen MR) is 62.4 cm³/mol. The molecule has 15 heavy (non-hydrogen) atoms. The van der Waals surface area contributed by atoms with Crippen molar-refractivity contribution < 1.29 is 4.79 Å². The van der Waals surface area contributed by atoms with Crippen molar-refractivity contribution >= 4 is 5.91 Å². The third-order valence-electron chi connectivity index (χ3n) is 3.54. The van der Waals surface area contributed by atoms with Crippen LogP contribution in [0.4, 0.5) is 0 Å². The highest BCUT2D eigenvalue weighted by Gasteiger charge is 2.26. The van der Waals surface area contributed by atoms with Gasteiger partial charge in [-0.2, -0.15) is 0 Å². The number of nitrogens with two attached hydrogens (primary N) is 1. The number of hydrogen-bond acceptors (Lipinski definition) is 2. The molecule has 0 aromatic carbocycles. The summed E-state index contributed by atoms with van der Waals surface area (Å²) in [6.07, 6.45) is 2.72. The number of hydrogen-bond donors (Lipinski definition) is 1. The van der Waals surface area contributed by atoms with Gasteiger partial charge in [-0.05, 0) is 18.3 Å². The minimum absolute atomic E-state index is 0.276. The fourth-order valence-electron chi connectivity index (χ4n) is 1.96. The van der Waals surface area contributed by atoms with E-state index in [9.17, 15) is 4.79 Å². The van der Waals surface area contributed by atoms with E-state index in [4.69, 9.17) is 5.73 Å². The highest BCUT2D eigenvalue weighted by molar-refractivity contribution is 5.76. The fourth-order valence-corrected chi connectivity index (χ4v) is 1.96. The molecule has 3 unspecified atom stereocenters. The van der Waals surface area contributed by atoms with Crippen LogP contribution in [0.15, 0.2) is 0 Å². The van der Waals surface area contributed by atoms with Crippen molar-refractivity contribution in [2.75, 3.05) is 13.1 Å². The third kappa shape index (κ3) is 3.49. The molecule has 0 radical (unpaired) electrons. The first-order chi connectivity index (χ1) is 7.04. The minimum Gasteiger partial charge on any atom is -0.342 e. The summed E-state index contributed by atoms with van der Waals surface area (Å²) in [5.74, 6) is 1.26. The smallest absolute Gasteiger partial charge is 0.222 e. The molecule has 1 amide bonds.